The van der Waals surface area contributed by atoms with Crippen molar-refractivity contribution in [1.82, 2.24) is 30.0 Å². The largest absolute Gasteiger partial charge is 0.344 e. The van der Waals surface area contributed by atoms with Crippen molar-refractivity contribution in [2.45, 2.75) is 33.0 Å². The lowest BCUT2D eigenvalue weighted by Crippen LogP contribution is -2.37. The van der Waals surface area contributed by atoms with Gasteiger partial charge < -0.3 is 10.2 Å². The Morgan fingerprint density at radius 1 is 1.18 bits per heavy atom. The van der Waals surface area contributed by atoms with Gasteiger partial charge in [0, 0.05) is 41.2 Å². The van der Waals surface area contributed by atoms with Crippen LogP contribution in [0, 0.1) is 6.92 Å². The first-order valence-corrected chi connectivity index (χ1v) is 12.3. The number of nitrogens with one attached hydrogen (secondary N) is 1. The van der Waals surface area contributed by atoms with Crippen LogP contribution in [0.1, 0.15) is 47.8 Å². The number of hydrogen-bond donors (Lipinski definition) is 1. The second-order valence-corrected chi connectivity index (χ2v) is 9.80. The van der Waals surface area contributed by atoms with E-state index in [-0.39, 0.29) is 11.8 Å². The molecule has 0 fully saturated rings. The van der Waals surface area contributed by atoms with Crippen molar-refractivity contribution in [1.29, 1.82) is 0 Å². The van der Waals surface area contributed by atoms with Crippen molar-refractivity contribution in [3.8, 4) is 0 Å². The molecule has 168 valence electrons. The lowest BCUT2D eigenvalue weighted by atomic mass is 10.0. The maximum atomic E-state index is 13.1. The number of carbonyl (C=O) groups excluding carboxylic acids is 2. The Hall–Kier alpha value is -3.37. The molecule has 4 aromatic rings. The summed E-state index contributed by atoms with van der Waals surface area (Å²) in [5.41, 5.74) is 3.72. The molecule has 1 aliphatic heterocycles. The van der Waals surface area contributed by atoms with Gasteiger partial charge in [0.25, 0.3) is 11.8 Å². The van der Waals surface area contributed by atoms with E-state index in [1.165, 1.54) is 22.7 Å². The Morgan fingerprint density at radius 3 is 2.76 bits per heavy atom. The zero-order valence-electron chi connectivity index (χ0n) is 18.0. The Morgan fingerprint density at radius 2 is 2.03 bits per heavy atom. The van der Waals surface area contributed by atoms with E-state index in [0.29, 0.717) is 44.0 Å². The summed E-state index contributed by atoms with van der Waals surface area (Å²) in [5.74, 6) is -0.373. The van der Waals surface area contributed by atoms with Gasteiger partial charge in [-0.3, -0.25) is 14.3 Å². The molecule has 4 heterocycles. The average Bonchev–Trinajstić information content (AvgIpc) is 3.58. The maximum absolute atomic E-state index is 13.1. The summed E-state index contributed by atoms with van der Waals surface area (Å²) in [5, 5.41) is 13.0. The minimum absolute atomic E-state index is 0.116. The van der Waals surface area contributed by atoms with Gasteiger partial charge in [0.1, 0.15) is 10.7 Å². The molecule has 3 aromatic heterocycles. The molecule has 0 bridgehead atoms. The third kappa shape index (κ3) is 4.57. The second kappa shape index (κ2) is 9.24. The monoisotopic (exact) mass is 478 g/mol. The van der Waals surface area contributed by atoms with E-state index < -0.39 is 0 Å². The highest BCUT2D eigenvalue weighted by Crippen LogP contribution is 2.25. The molecule has 0 saturated heterocycles. The molecule has 0 spiro atoms. The zero-order valence-corrected chi connectivity index (χ0v) is 19.7. The lowest BCUT2D eigenvalue weighted by Gasteiger charge is -2.27. The highest BCUT2D eigenvalue weighted by Gasteiger charge is 2.31. The number of aromatic nitrogens is 4. The molecular weight excluding hydrogens is 456 g/mol. The van der Waals surface area contributed by atoms with Crippen LogP contribution in [0.25, 0.3) is 0 Å². The van der Waals surface area contributed by atoms with E-state index >= 15 is 0 Å². The summed E-state index contributed by atoms with van der Waals surface area (Å²) >= 11 is 2.95. The second-order valence-electron chi connectivity index (χ2n) is 7.75. The van der Waals surface area contributed by atoms with Gasteiger partial charge in [0.2, 0.25) is 0 Å². The van der Waals surface area contributed by atoms with Crippen LogP contribution in [-0.2, 0) is 26.1 Å². The average molecular weight is 479 g/mol. The van der Waals surface area contributed by atoms with E-state index in [2.05, 4.69) is 15.3 Å². The fourth-order valence-electron chi connectivity index (χ4n) is 3.94. The van der Waals surface area contributed by atoms with Crippen molar-refractivity contribution >= 4 is 34.5 Å². The third-order valence-corrected chi connectivity index (χ3v) is 7.09. The summed E-state index contributed by atoms with van der Waals surface area (Å²) in [4.78, 5) is 36.4. The van der Waals surface area contributed by atoms with Gasteiger partial charge in [-0.25, -0.2) is 9.97 Å². The normalized spacial score (nSPS) is 13.1. The van der Waals surface area contributed by atoms with Crippen LogP contribution < -0.4 is 5.32 Å². The van der Waals surface area contributed by atoms with Crippen LogP contribution in [0.2, 0.25) is 0 Å². The van der Waals surface area contributed by atoms with Crippen molar-refractivity contribution in [2.24, 2.45) is 0 Å². The number of fused-ring (bicyclic) bond motifs is 1. The number of nitrogens with zero attached hydrogens (tertiary/aromatic N) is 5. The molecule has 2 amide bonds. The predicted octanol–water partition coefficient (Wildman–Crippen LogP) is 3.28. The third-order valence-electron chi connectivity index (χ3n) is 5.53. The van der Waals surface area contributed by atoms with Crippen LogP contribution in [0.5, 0.6) is 0 Å². The number of amides is 2. The molecule has 5 rings (SSSR count). The SMILES string of the molecule is Cc1nc(C(=O)N2CCc3c(c(C(=O)NCc4nccs4)nn3Cc3ccccc3)C2)cs1. The fraction of sp³-hybridized carbons (Fsp3) is 0.261. The van der Waals surface area contributed by atoms with Crippen molar-refractivity contribution in [2.75, 3.05) is 6.54 Å². The molecule has 0 radical (unpaired) electrons. The molecule has 10 heteroatoms. The quantitative estimate of drug-likeness (QED) is 0.459. The number of rotatable bonds is 6. The van der Waals surface area contributed by atoms with Gasteiger partial charge in [-0.1, -0.05) is 30.3 Å². The summed E-state index contributed by atoms with van der Waals surface area (Å²) in [6.07, 6.45) is 2.34. The Bertz CT molecular complexity index is 1280. The van der Waals surface area contributed by atoms with E-state index in [1.807, 2.05) is 47.3 Å². The number of carbonyl (C=O) groups is 2. The van der Waals surface area contributed by atoms with E-state index in [4.69, 9.17) is 5.10 Å². The Kier molecular flexibility index (Phi) is 6.01. The summed E-state index contributed by atoms with van der Waals surface area (Å²) < 4.78 is 1.90. The van der Waals surface area contributed by atoms with E-state index in [0.717, 1.165) is 26.8 Å². The van der Waals surface area contributed by atoms with Gasteiger partial charge >= 0.3 is 0 Å². The first-order valence-electron chi connectivity index (χ1n) is 10.6. The molecule has 33 heavy (non-hydrogen) atoms. The molecular formula is C23H22N6O2S2. The van der Waals surface area contributed by atoms with Crippen LogP contribution in [0.4, 0.5) is 0 Å². The first-order chi connectivity index (χ1) is 16.1. The van der Waals surface area contributed by atoms with E-state index in [1.54, 1.807) is 16.5 Å². The molecule has 1 aliphatic rings. The Balaban J connectivity index is 1.43. The van der Waals surface area contributed by atoms with Gasteiger partial charge in [0.15, 0.2) is 5.69 Å². The smallest absolute Gasteiger partial charge is 0.273 e. The van der Waals surface area contributed by atoms with Crippen molar-refractivity contribution in [3.05, 3.63) is 85.5 Å². The number of hydrogen-bond acceptors (Lipinski definition) is 7. The predicted molar refractivity (Wildman–Crippen MR) is 126 cm³/mol. The Labute approximate surface area is 198 Å². The molecule has 0 aliphatic carbocycles. The fourth-order valence-corrected chi connectivity index (χ4v) is 5.08. The standard InChI is InChI=1S/C23H22N6O2S2/c1-15-26-18(14-33-15)23(31)28-9-7-19-17(13-28)21(22(30)25-11-20-24-8-10-32-20)27-29(19)12-16-5-3-2-4-6-16/h2-6,8,10,14H,7,9,11-13H2,1H3,(H,25,30). The number of benzene rings is 1. The molecule has 0 saturated carbocycles. The van der Waals surface area contributed by atoms with Crippen LogP contribution >= 0.6 is 22.7 Å². The minimum Gasteiger partial charge on any atom is -0.344 e. The highest BCUT2D eigenvalue weighted by atomic mass is 32.1. The molecule has 8 nitrogen and oxygen atoms in total. The van der Waals surface area contributed by atoms with Gasteiger partial charge in [-0.15, -0.1) is 22.7 Å². The van der Waals surface area contributed by atoms with Crippen LogP contribution in [0.15, 0.2) is 47.3 Å². The summed E-state index contributed by atoms with van der Waals surface area (Å²) in [7, 11) is 0. The van der Waals surface area contributed by atoms with Gasteiger partial charge in [-0.2, -0.15) is 5.10 Å². The number of thiazole rings is 2. The van der Waals surface area contributed by atoms with Crippen LogP contribution in [-0.4, -0.2) is 43.0 Å². The van der Waals surface area contributed by atoms with E-state index in [9.17, 15) is 9.59 Å². The highest BCUT2D eigenvalue weighted by molar-refractivity contribution is 7.09. The summed E-state index contributed by atoms with van der Waals surface area (Å²) in [6, 6.07) is 10.0. The summed E-state index contributed by atoms with van der Waals surface area (Å²) in [6.45, 7) is 3.69. The van der Waals surface area contributed by atoms with Crippen LogP contribution in [0.3, 0.4) is 0 Å². The molecule has 1 aromatic carbocycles. The lowest BCUT2D eigenvalue weighted by molar-refractivity contribution is 0.0725. The molecule has 0 atom stereocenters. The maximum Gasteiger partial charge on any atom is 0.273 e. The topological polar surface area (TPSA) is 93.0 Å². The van der Waals surface area contributed by atoms with Crippen molar-refractivity contribution < 1.29 is 9.59 Å². The van der Waals surface area contributed by atoms with Gasteiger partial charge in [-0.05, 0) is 12.5 Å². The van der Waals surface area contributed by atoms with Crippen molar-refractivity contribution in [3.63, 3.8) is 0 Å². The molecule has 0 unspecified atom stereocenters. The minimum atomic E-state index is -0.257. The zero-order chi connectivity index (χ0) is 22.8. The first kappa shape index (κ1) is 21.5. The van der Waals surface area contributed by atoms with Gasteiger partial charge in [0.05, 0.1) is 24.6 Å². The molecule has 1 N–H and O–H groups in total. The number of aryl methyl sites for hydroxylation is 1.